The molecule has 1 aromatic carbocycles. The van der Waals surface area contributed by atoms with E-state index in [1.54, 1.807) is 30.5 Å². The molecule has 15 heavy (non-hydrogen) atoms. The van der Waals surface area contributed by atoms with Gasteiger partial charge >= 0.3 is 0 Å². The van der Waals surface area contributed by atoms with Crippen molar-refractivity contribution < 1.29 is 8.42 Å². The van der Waals surface area contributed by atoms with Crippen LogP contribution in [0.2, 0.25) is 0 Å². The Labute approximate surface area is 89.3 Å². The predicted octanol–water partition coefficient (Wildman–Crippen LogP) is 1.02. The van der Waals surface area contributed by atoms with E-state index in [0.29, 0.717) is 11.6 Å². The molecular weight excluding hydrogens is 212 g/mol. The molecule has 1 aliphatic rings. The van der Waals surface area contributed by atoms with Gasteiger partial charge in [-0.2, -0.15) is 0 Å². The number of rotatable bonds is 2. The topological polar surface area (TPSA) is 49.4 Å². The Balaban J connectivity index is 2.37. The van der Waals surface area contributed by atoms with Crippen LogP contribution in [0.1, 0.15) is 5.56 Å². The van der Waals surface area contributed by atoms with Gasteiger partial charge in [0.15, 0.2) is 0 Å². The van der Waals surface area contributed by atoms with Crippen LogP contribution in [0.3, 0.4) is 0 Å². The molecule has 1 N–H and O–H groups in total. The highest BCUT2D eigenvalue weighted by atomic mass is 32.2. The van der Waals surface area contributed by atoms with E-state index in [0.717, 1.165) is 5.56 Å². The first-order chi connectivity index (χ1) is 7.10. The van der Waals surface area contributed by atoms with Crippen molar-refractivity contribution in [2.75, 3.05) is 6.67 Å². The molecule has 4 nitrogen and oxygen atoms in total. The van der Waals surface area contributed by atoms with E-state index in [2.05, 4.69) is 5.32 Å². The Kier molecular flexibility index (Phi) is 2.40. The number of hydrogen-bond acceptors (Lipinski definition) is 3. The van der Waals surface area contributed by atoms with Gasteiger partial charge in [-0.3, -0.25) is 4.31 Å². The molecule has 0 aliphatic carbocycles. The molecule has 1 aliphatic heterocycles. The second-order valence-electron chi connectivity index (χ2n) is 3.38. The fourth-order valence-corrected chi connectivity index (χ4v) is 2.56. The molecular formula is C10H12N2O2S. The van der Waals surface area contributed by atoms with Gasteiger partial charge in [-0.1, -0.05) is 17.7 Å². The minimum absolute atomic E-state index is 0.302. The lowest BCUT2D eigenvalue weighted by atomic mass is 10.2. The minimum Gasteiger partial charge on any atom is -0.372 e. The summed E-state index contributed by atoms with van der Waals surface area (Å²) in [5.41, 5.74) is 1.05. The summed E-state index contributed by atoms with van der Waals surface area (Å²) >= 11 is 0. The first-order valence-electron chi connectivity index (χ1n) is 4.59. The van der Waals surface area contributed by atoms with Crippen LogP contribution < -0.4 is 5.32 Å². The fraction of sp³-hybridized carbons (Fsp3) is 0.200. The predicted molar refractivity (Wildman–Crippen MR) is 57.3 cm³/mol. The second kappa shape index (κ2) is 3.58. The zero-order chi connectivity index (χ0) is 10.9. The standard InChI is InChI=1S/C10H12N2O2S/c1-9-2-4-10(5-3-9)15(13,14)12-7-6-11-8-12/h2-7,11H,8H2,1H3. The molecule has 2 rings (SSSR count). The summed E-state index contributed by atoms with van der Waals surface area (Å²) in [5, 5.41) is 2.83. The van der Waals surface area contributed by atoms with E-state index in [1.165, 1.54) is 10.5 Å². The van der Waals surface area contributed by atoms with Gasteiger partial charge in [-0.15, -0.1) is 0 Å². The van der Waals surface area contributed by atoms with E-state index in [9.17, 15) is 8.42 Å². The summed E-state index contributed by atoms with van der Waals surface area (Å²) < 4.78 is 25.2. The molecule has 0 amide bonds. The van der Waals surface area contributed by atoms with Crippen molar-refractivity contribution in [3.05, 3.63) is 42.2 Å². The quantitative estimate of drug-likeness (QED) is 0.816. The zero-order valence-electron chi connectivity index (χ0n) is 8.34. The van der Waals surface area contributed by atoms with Gasteiger partial charge in [0.05, 0.1) is 4.90 Å². The molecule has 1 heterocycles. The van der Waals surface area contributed by atoms with Gasteiger partial charge < -0.3 is 5.32 Å². The Morgan fingerprint density at radius 2 is 1.93 bits per heavy atom. The highest BCUT2D eigenvalue weighted by molar-refractivity contribution is 7.89. The van der Waals surface area contributed by atoms with Crippen LogP contribution in [0.4, 0.5) is 0 Å². The van der Waals surface area contributed by atoms with E-state index in [1.807, 2.05) is 6.92 Å². The molecule has 0 spiro atoms. The van der Waals surface area contributed by atoms with Crippen molar-refractivity contribution in [1.82, 2.24) is 9.62 Å². The molecule has 80 valence electrons. The summed E-state index contributed by atoms with van der Waals surface area (Å²) in [6.07, 6.45) is 3.14. The highest BCUT2D eigenvalue weighted by Gasteiger charge is 2.22. The normalized spacial score (nSPS) is 15.4. The number of sulfonamides is 1. The van der Waals surface area contributed by atoms with Crippen molar-refractivity contribution in [1.29, 1.82) is 0 Å². The number of nitrogens with one attached hydrogen (secondary N) is 1. The van der Waals surface area contributed by atoms with Crippen LogP contribution >= 0.6 is 0 Å². The molecule has 0 atom stereocenters. The summed E-state index contributed by atoms with van der Waals surface area (Å²) in [6, 6.07) is 6.83. The maximum absolute atomic E-state index is 12.0. The third-order valence-electron chi connectivity index (χ3n) is 2.23. The van der Waals surface area contributed by atoms with Gasteiger partial charge in [-0.25, -0.2) is 8.42 Å². The second-order valence-corrected chi connectivity index (χ2v) is 5.27. The molecule has 5 heteroatoms. The van der Waals surface area contributed by atoms with Gasteiger partial charge in [0, 0.05) is 12.4 Å². The molecule has 0 radical (unpaired) electrons. The fourth-order valence-electron chi connectivity index (χ4n) is 1.34. The molecule has 0 fully saturated rings. The Bertz CT molecular complexity index is 477. The third-order valence-corrected chi connectivity index (χ3v) is 3.97. The van der Waals surface area contributed by atoms with Crippen LogP contribution in [-0.4, -0.2) is 19.4 Å². The van der Waals surface area contributed by atoms with E-state index < -0.39 is 10.0 Å². The number of benzene rings is 1. The third kappa shape index (κ3) is 1.83. The lowest BCUT2D eigenvalue weighted by Crippen LogP contribution is -2.27. The molecule has 0 unspecified atom stereocenters. The van der Waals surface area contributed by atoms with Crippen molar-refractivity contribution in [3.63, 3.8) is 0 Å². The Hall–Kier alpha value is -1.49. The van der Waals surface area contributed by atoms with Crippen LogP contribution in [0.15, 0.2) is 41.6 Å². The molecule has 0 saturated carbocycles. The maximum atomic E-state index is 12.0. The summed E-state index contributed by atoms with van der Waals surface area (Å²) in [4.78, 5) is 0.321. The monoisotopic (exact) mass is 224 g/mol. The van der Waals surface area contributed by atoms with Crippen LogP contribution in [0.5, 0.6) is 0 Å². The first-order valence-corrected chi connectivity index (χ1v) is 6.03. The SMILES string of the molecule is Cc1ccc(S(=O)(=O)N2C=CNC2)cc1. The van der Waals surface area contributed by atoms with E-state index in [4.69, 9.17) is 0 Å². The largest absolute Gasteiger partial charge is 0.372 e. The average Bonchev–Trinajstić information content (AvgIpc) is 2.71. The number of hydrogen-bond donors (Lipinski definition) is 1. The van der Waals surface area contributed by atoms with Crippen LogP contribution in [0.25, 0.3) is 0 Å². The zero-order valence-corrected chi connectivity index (χ0v) is 9.16. The summed E-state index contributed by atoms with van der Waals surface area (Å²) in [7, 11) is -3.37. The van der Waals surface area contributed by atoms with Crippen LogP contribution in [0, 0.1) is 6.92 Å². The molecule has 1 aromatic rings. The van der Waals surface area contributed by atoms with Gasteiger partial charge in [0.1, 0.15) is 6.67 Å². The van der Waals surface area contributed by atoms with Crippen molar-refractivity contribution in [2.45, 2.75) is 11.8 Å². The van der Waals surface area contributed by atoms with Crippen molar-refractivity contribution in [3.8, 4) is 0 Å². The average molecular weight is 224 g/mol. The lowest BCUT2D eigenvalue weighted by Gasteiger charge is -2.15. The number of nitrogens with zero attached hydrogens (tertiary/aromatic N) is 1. The molecule has 0 bridgehead atoms. The van der Waals surface area contributed by atoms with Crippen molar-refractivity contribution in [2.24, 2.45) is 0 Å². The van der Waals surface area contributed by atoms with Gasteiger partial charge in [0.25, 0.3) is 10.0 Å². The van der Waals surface area contributed by atoms with E-state index in [-0.39, 0.29) is 0 Å². The molecule has 0 saturated heterocycles. The molecule has 0 aromatic heterocycles. The smallest absolute Gasteiger partial charge is 0.265 e. The summed E-state index contributed by atoms with van der Waals surface area (Å²) in [6.45, 7) is 2.23. The van der Waals surface area contributed by atoms with E-state index >= 15 is 0 Å². The lowest BCUT2D eigenvalue weighted by molar-refractivity contribution is 0.506. The van der Waals surface area contributed by atoms with Gasteiger partial charge in [0.2, 0.25) is 0 Å². The van der Waals surface area contributed by atoms with Crippen molar-refractivity contribution >= 4 is 10.0 Å². The van der Waals surface area contributed by atoms with Crippen LogP contribution in [-0.2, 0) is 10.0 Å². The minimum atomic E-state index is -3.37. The maximum Gasteiger partial charge on any atom is 0.265 e. The highest BCUT2D eigenvalue weighted by Crippen LogP contribution is 2.17. The van der Waals surface area contributed by atoms with Gasteiger partial charge in [-0.05, 0) is 19.1 Å². The first kappa shape index (κ1) is 10.0. The Morgan fingerprint density at radius 1 is 1.27 bits per heavy atom. The Morgan fingerprint density at radius 3 is 2.47 bits per heavy atom. The summed E-state index contributed by atoms with van der Waals surface area (Å²) in [5.74, 6) is 0. The number of aryl methyl sites for hydroxylation is 1.